The highest BCUT2D eigenvalue weighted by atomic mass is 16.7. The highest BCUT2D eigenvalue weighted by molar-refractivity contribution is 5.80. The Morgan fingerprint density at radius 1 is 0.453 bits per heavy atom. The predicted octanol–water partition coefficient (Wildman–Crippen LogP) is 15.9. The minimum atomic E-state index is -1.61. The van der Waals surface area contributed by atoms with E-state index in [-0.39, 0.29) is 6.61 Å². The SMILES string of the molecule is CCCCCCCCCCCCCC/C=C/C(O)C(COC1OC(CO)C(O)C(O)C1O)NC(=O)C(O)CCCCCCCCCCCCCCCCCC/C=C\CCCCCCCCCCCCCCCCCC. The van der Waals surface area contributed by atoms with Crippen molar-refractivity contribution in [2.45, 2.75) is 371 Å². The van der Waals surface area contributed by atoms with Gasteiger partial charge in [-0.2, -0.15) is 0 Å². The van der Waals surface area contributed by atoms with Gasteiger partial charge in [-0.1, -0.05) is 301 Å². The van der Waals surface area contributed by atoms with E-state index in [1.165, 1.54) is 257 Å². The van der Waals surface area contributed by atoms with E-state index in [1.807, 2.05) is 6.08 Å². The Labute approximate surface area is 462 Å². The van der Waals surface area contributed by atoms with E-state index in [0.717, 1.165) is 44.9 Å². The molecular formula is C65H125NO9. The van der Waals surface area contributed by atoms with Crippen molar-refractivity contribution in [1.29, 1.82) is 0 Å². The minimum Gasteiger partial charge on any atom is -0.394 e. The zero-order chi connectivity index (χ0) is 54.5. The van der Waals surface area contributed by atoms with Crippen LogP contribution in [0.1, 0.15) is 322 Å². The summed E-state index contributed by atoms with van der Waals surface area (Å²) in [5.41, 5.74) is 0. The molecule has 0 bridgehead atoms. The summed E-state index contributed by atoms with van der Waals surface area (Å²) in [6.07, 6.45) is 60.4. The number of nitrogens with one attached hydrogen (secondary N) is 1. The van der Waals surface area contributed by atoms with Crippen molar-refractivity contribution in [2.75, 3.05) is 13.2 Å². The summed E-state index contributed by atoms with van der Waals surface area (Å²) in [5, 5.41) is 65.1. The standard InChI is InChI=1S/C65H125NO9/c1-3-5-7-9-11-13-15-17-19-20-21-22-23-24-25-26-27-28-29-30-31-32-33-34-35-36-37-38-39-40-42-44-46-48-50-52-54-59(69)64(73)66-57(56-74-65-63(72)62(71)61(70)60(55-67)75-65)58(68)53-51-49-47-45-43-41-18-16-14-12-10-8-6-4-2/h28-29,51,53,57-63,65,67-72H,3-27,30-50,52,54-56H2,1-2H3,(H,66,73)/b29-28-,53-51+. The van der Waals surface area contributed by atoms with Crippen LogP contribution in [0.25, 0.3) is 0 Å². The molecule has 1 rings (SSSR count). The summed E-state index contributed by atoms with van der Waals surface area (Å²) >= 11 is 0. The van der Waals surface area contributed by atoms with E-state index in [4.69, 9.17) is 9.47 Å². The molecule has 0 aromatic carbocycles. The van der Waals surface area contributed by atoms with E-state index >= 15 is 0 Å². The molecular weight excluding hydrogens is 939 g/mol. The fourth-order valence-electron chi connectivity index (χ4n) is 10.6. The summed E-state index contributed by atoms with van der Waals surface area (Å²) in [5.74, 6) is -0.611. The number of carbonyl (C=O) groups is 1. The van der Waals surface area contributed by atoms with Crippen molar-refractivity contribution in [3.63, 3.8) is 0 Å². The van der Waals surface area contributed by atoms with Crippen LogP contribution in [-0.4, -0.2) is 98.7 Å². The highest BCUT2D eigenvalue weighted by Crippen LogP contribution is 2.23. The molecule has 7 N–H and O–H groups in total. The number of unbranched alkanes of at least 4 members (excludes halogenated alkanes) is 44. The molecule has 8 atom stereocenters. The van der Waals surface area contributed by atoms with Crippen LogP contribution in [0.3, 0.4) is 0 Å². The van der Waals surface area contributed by atoms with Crippen molar-refractivity contribution in [3.8, 4) is 0 Å². The van der Waals surface area contributed by atoms with Gasteiger partial charge in [-0.3, -0.25) is 4.79 Å². The minimum absolute atomic E-state index is 0.302. The Kier molecular flexibility index (Phi) is 52.1. The van der Waals surface area contributed by atoms with Crippen LogP contribution >= 0.6 is 0 Å². The molecule has 1 aliphatic heterocycles. The lowest BCUT2D eigenvalue weighted by molar-refractivity contribution is -0.302. The zero-order valence-electron chi connectivity index (χ0n) is 49.2. The molecule has 8 unspecified atom stereocenters. The highest BCUT2D eigenvalue weighted by Gasteiger charge is 2.44. The average molecular weight is 1060 g/mol. The Balaban J connectivity index is 2.09. The van der Waals surface area contributed by atoms with Gasteiger partial charge in [-0.25, -0.2) is 0 Å². The largest absolute Gasteiger partial charge is 0.394 e. The smallest absolute Gasteiger partial charge is 0.249 e. The summed E-state index contributed by atoms with van der Waals surface area (Å²) < 4.78 is 11.2. The molecule has 444 valence electrons. The molecule has 0 spiro atoms. The van der Waals surface area contributed by atoms with Crippen LogP contribution in [0.15, 0.2) is 24.3 Å². The van der Waals surface area contributed by atoms with Crippen LogP contribution in [0.4, 0.5) is 0 Å². The van der Waals surface area contributed by atoms with Gasteiger partial charge in [0, 0.05) is 0 Å². The second-order valence-electron chi connectivity index (χ2n) is 23.1. The number of amides is 1. The van der Waals surface area contributed by atoms with E-state index in [9.17, 15) is 35.4 Å². The maximum absolute atomic E-state index is 13.1. The molecule has 0 aromatic heterocycles. The summed E-state index contributed by atoms with van der Waals surface area (Å²) in [7, 11) is 0. The number of hydrogen-bond acceptors (Lipinski definition) is 9. The Bertz CT molecular complexity index is 1250. The van der Waals surface area contributed by atoms with Gasteiger partial charge in [0.25, 0.3) is 0 Å². The number of aliphatic hydroxyl groups is 6. The molecule has 1 fully saturated rings. The van der Waals surface area contributed by atoms with Crippen molar-refractivity contribution in [2.24, 2.45) is 0 Å². The monoisotopic (exact) mass is 1060 g/mol. The van der Waals surface area contributed by atoms with Gasteiger partial charge < -0.3 is 45.4 Å². The van der Waals surface area contributed by atoms with Crippen LogP contribution < -0.4 is 5.32 Å². The van der Waals surface area contributed by atoms with Gasteiger partial charge in [-0.05, 0) is 44.9 Å². The molecule has 0 aliphatic carbocycles. The zero-order valence-corrected chi connectivity index (χ0v) is 49.2. The normalized spacial score (nSPS) is 19.4. The van der Waals surface area contributed by atoms with Gasteiger partial charge >= 0.3 is 0 Å². The molecule has 1 heterocycles. The van der Waals surface area contributed by atoms with Crippen molar-refractivity contribution in [1.82, 2.24) is 5.32 Å². The molecule has 0 radical (unpaired) electrons. The Morgan fingerprint density at radius 2 is 0.773 bits per heavy atom. The lowest BCUT2D eigenvalue weighted by Crippen LogP contribution is -2.60. The molecule has 1 amide bonds. The van der Waals surface area contributed by atoms with Gasteiger partial charge in [0.2, 0.25) is 5.91 Å². The first kappa shape index (κ1) is 71.6. The van der Waals surface area contributed by atoms with Crippen LogP contribution in [0, 0.1) is 0 Å². The number of rotatable bonds is 57. The topological polar surface area (TPSA) is 169 Å². The first-order chi connectivity index (χ1) is 36.8. The second-order valence-corrected chi connectivity index (χ2v) is 23.1. The number of allylic oxidation sites excluding steroid dienone is 3. The van der Waals surface area contributed by atoms with Crippen LogP contribution in [0.5, 0.6) is 0 Å². The van der Waals surface area contributed by atoms with E-state index in [0.29, 0.717) is 6.42 Å². The maximum atomic E-state index is 13.1. The summed E-state index contributed by atoms with van der Waals surface area (Å²) in [6.45, 7) is 3.65. The van der Waals surface area contributed by atoms with Crippen molar-refractivity contribution < 1.29 is 44.9 Å². The Hall–Kier alpha value is -1.37. The van der Waals surface area contributed by atoms with Gasteiger partial charge in [0.15, 0.2) is 6.29 Å². The lowest BCUT2D eigenvalue weighted by Gasteiger charge is -2.40. The third kappa shape index (κ3) is 43.2. The van der Waals surface area contributed by atoms with Crippen LogP contribution in [-0.2, 0) is 14.3 Å². The molecule has 0 saturated carbocycles. The summed E-state index contributed by atoms with van der Waals surface area (Å²) in [6, 6.07) is -0.978. The number of carbonyl (C=O) groups excluding carboxylic acids is 1. The fraction of sp³-hybridized carbons (Fsp3) is 0.923. The molecule has 75 heavy (non-hydrogen) atoms. The van der Waals surface area contributed by atoms with Gasteiger partial charge in [-0.15, -0.1) is 0 Å². The first-order valence-electron chi connectivity index (χ1n) is 32.7. The quantitative estimate of drug-likeness (QED) is 0.0232. The van der Waals surface area contributed by atoms with Crippen molar-refractivity contribution in [3.05, 3.63) is 24.3 Å². The van der Waals surface area contributed by atoms with E-state index in [1.54, 1.807) is 6.08 Å². The van der Waals surface area contributed by atoms with Gasteiger partial charge in [0.1, 0.15) is 30.5 Å². The predicted molar refractivity (Wildman–Crippen MR) is 315 cm³/mol. The maximum Gasteiger partial charge on any atom is 0.249 e. The van der Waals surface area contributed by atoms with E-state index in [2.05, 4.69) is 31.3 Å². The fourth-order valence-corrected chi connectivity index (χ4v) is 10.6. The average Bonchev–Trinajstić information content (AvgIpc) is 3.41. The van der Waals surface area contributed by atoms with E-state index < -0.39 is 61.5 Å². The number of aliphatic hydroxyl groups excluding tert-OH is 6. The third-order valence-electron chi connectivity index (χ3n) is 15.9. The van der Waals surface area contributed by atoms with Crippen molar-refractivity contribution >= 4 is 5.91 Å². The molecule has 10 heteroatoms. The number of hydrogen-bond donors (Lipinski definition) is 7. The first-order valence-corrected chi connectivity index (χ1v) is 32.7. The Morgan fingerprint density at radius 3 is 1.12 bits per heavy atom. The number of ether oxygens (including phenoxy) is 2. The van der Waals surface area contributed by atoms with Crippen LogP contribution in [0.2, 0.25) is 0 Å². The lowest BCUT2D eigenvalue weighted by atomic mass is 9.99. The summed E-state index contributed by atoms with van der Waals surface area (Å²) in [4.78, 5) is 13.1. The molecule has 1 aliphatic rings. The molecule has 10 nitrogen and oxygen atoms in total. The second kappa shape index (κ2) is 54.6. The third-order valence-corrected chi connectivity index (χ3v) is 15.9. The molecule has 1 saturated heterocycles. The van der Waals surface area contributed by atoms with Gasteiger partial charge in [0.05, 0.1) is 25.4 Å². The molecule has 0 aromatic rings.